The fraction of sp³-hybridized carbons (Fsp3) is 0.176. The maximum absolute atomic E-state index is 12.0. The summed E-state index contributed by atoms with van der Waals surface area (Å²) in [5.74, 6) is -0.121. The van der Waals surface area contributed by atoms with Crippen molar-refractivity contribution < 1.29 is 14.3 Å². The molecule has 0 saturated heterocycles. The van der Waals surface area contributed by atoms with Crippen molar-refractivity contribution in [3.8, 4) is 11.8 Å². The van der Waals surface area contributed by atoms with Gasteiger partial charge in [0.15, 0.2) is 6.10 Å². The molecule has 4 heteroatoms. The number of rotatable bonds is 5. The quantitative estimate of drug-likeness (QED) is 0.789. The minimum absolute atomic E-state index is 0.315. The number of nitrogens with zero attached hydrogens (tertiary/aromatic N) is 1. The first kappa shape index (κ1) is 14.6. The summed E-state index contributed by atoms with van der Waals surface area (Å²) in [5.41, 5.74) is 1.32. The Labute approximate surface area is 123 Å². The second-order valence-electron chi connectivity index (χ2n) is 4.45. The lowest BCUT2D eigenvalue weighted by atomic mass is 10.2. The highest BCUT2D eigenvalue weighted by atomic mass is 16.5. The van der Waals surface area contributed by atoms with Crippen molar-refractivity contribution in [2.75, 3.05) is 0 Å². The van der Waals surface area contributed by atoms with Crippen LogP contribution in [0.1, 0.15) is 22.8 Å². The molecule has 0 heterocycles. The molecule has 0 bridgehead atoms. The first-order valence-electron chi connectivity index (χ1n) is 6.57. The smallest absolute Gasteiger partial charge is 0.343 e. The molecule has 106 valence electrons. The maximum Gasteiger partial charge on any atom is 0.343 e. The van der Waals surface area contributed by atoms with Crippen molar-refractivity contribution in [1.82, 2.24) is 0 Å². The summed E-state index contributed by atoms with van der Waals surface area (Å²) in [6, 6.07) is 18.4. The van der Waals surface area contributed by atoms with Gasteiger partial charge in [0, 0.05) is 0 Å². The third-order valence-electron chi connectivity index (χ3n) is 2.81. The molecule has 0 fully saturated rings. The summed E-state index contributed by atoms with van der Waals surface area (Å²) in [5, 5.41) is 8.69. The third kappa shape index (κ3) is 4.08. The summed E-state index contributed by atoms with van der Waals surface area (Å²) >= 11 is 0. The van der Waals surface area contributed by atoms with E-state index >= 15 is 0 Å². The van der Waals surface area contributed by atoms with Crippen LogP contribution < -0.4 is 4.74 Å². The highest BCUT2D eigenvalue weighted by molar-refractivity contribution is 5.92. The van der Waals surface area contributed by atoms with Crippen LogP contribution in [0.3, 0.4) is 0 Å². The molecule has 2 aromatic rings. The lowest BCUT2D eigenvalue weighted by Crippen LogP contribution is -2.14. The zero-order valence-corrected chi connectivity index (χ0v) is 11.7. The Morgan fingerprint density at radius 1 is 1.14 bits per heavy atom. The summed E-state index contributed by atoms with van der Waals surface area (Å²) in [4.78, 5) is 12.0. The lowest BCUT2D eigenvalue weighted by molar-refractivity contribution is 0.0430. The molecule has 0 N–H and O–H groups in total. The molecule has 1 atom stereocenters. The maximum atomic E-state index is 12.0. The zero-order chi connectivity index (χ0) is 15.1. The number of esters is 1. The van der Waals surface area contributed by atoms with Crippen LogP contribution in [0.25, 0.3) is 0 Å². The van der Waals surface area contributed by atoms with Gasteiger partial charge in [-0.3, -0.25) is 0 Å². The molecular formula is C17H15NO3. The van der Waals surface area contributed by atoms with E-state index in [1.807, 2.05) is 36.4 Å². The molecule has 0 aliphatic carbocycles. The molecule has 0 unspecified atom stereocenters. The van der Waals surface area contributed by atoms with Gasteiger partial charge < -0.3 is 9.47 Å². The number of carbonyl (C=O) groups excluding carboxylic acids is 1. The number of hydrogen-bond donors (Lipinski definition) is 0. The average molecular weight is 281 g/mol. The van der Waals surface area contributed by atoms with E-state index in [0.29, 0.717) is 17.9 Å². The van der Waals surface area contributed by atoms with E-state index in [4.69, 9.17) is 14.7 Å². The van der Waals surface area contributed by atoms with Crippen LogP contribution in [-0.4, -0.2) is 12.1 Å². The van der Waals surface area contributed by atoms with E-state index in [2.05, 4.69) is 0 Å². The van der Waals surface area contributed by atoms with Crippen LogP contribution in [0.4, 0.5) is 0 Å². The van der Waals surface area contributed by atoms with Gasteiger partial charge in [0.2, 0.25) is 0 Å². The minimum atomic E-state index is -0.792. The number of para-hydroxylation sites is 1. The Kier molecular flexibility index (Phi) is 4.94. The van der Waals surface area contributed by atoms with Crippen LogP contribution >= 0.6 is 0 Å². The van der Waals surface area contributed by atoms with Crippen molar-refractivity contribution in [2.45, 2.75) is 19.6 Å². The highest BCUT2D eigenvalue weighted by Crippen LogP contribution is 2.20. The largest absolute Gasteiger partial charge is 0.488 e. The van der Waals surface area contributed by atoms with Gasteiger partial charge in [-0.25, -0.2) is 4.79 Å². The molecule has 0 spiro atoms. The number of nitriles is 1. The van der Waals surface area contributed by atoms with E-state index in [1.165, 1.54) is 6.92 Å². The van der Waals surface area contributed by atoms with Gasteiger partial charge >= 0.3 is 5.97 Å². The van der Waals surface area contributed by atoms with Crippen molar-refractivity contribution >= 4 is 5.97 Å². The lowest BCUT2D eigenvalue weighted by Gasteiger charge is -2.12. The Bertz CT molecular complexity index is 647. The standard InChI is InChI=1S/C17H15NO3/c1-13(11-18)21-17(19)15-9-5-6-10-16(15)20-12-14-7-3-2-4-8-14/h2-10,13H,12H2,1H3/t13-/m1/s1. The number of ether oxygens (including phenoxy) is 2. The summed E-state index contributed by atoms with van der Waals surface area (Å²) in [7, 11) is 0. The number of carbonyl (C=O) groups is 1. The molecule has 0 aliphatic heterocycles. The summed E-state index contributed by atoms with van der Waals surface area (Å²) in [6.45, 7) is 1.88. The molecule has 0 radical (unpaired) electrons. The Morgan fingerprint density at radius 2 is 1.81 bits per heavy atom. The molecular weight excluding hydrogens is 266 g/mol. The normalized spacial score (nSPS) is 11.2. The van der Waals surface area contributed by atoms with Crippen molar-refractivity contribution in [3.05, 3.63) is 65.7 Å². The van der Waals surface area contributed by atoms with Crippen LogP contribution in [0.2, 0.25) is 0 Å². The fourth-order valence-electron chi connectivity index (χ4n) is 1.75. The first-order valence-corrected chi connectivity index (χ1v) is 6.57. The van der Waals surface area contributed by atoms with E-state index in [-0.39, 0.29) is 0 Å². The molecule has 21 heavy (non-hydrogen) atoms. The van der Waals surface area contributed by atoms with Gasteiger partial charge in [-0.15, -0.1) is 0 Å². The van der Waals surface area contributed by atoms with Crippen LogP contribution in [0.5, 0.6) is 5.75 Å². The van der Waals surface area contributed by atoms with Gasteiger partial charge in [0.1, 0.15) is 24.0 Å². The van der Waals surface area contributed by atoms with Gasteiger partial charge in [-0.05, 0) is 24.6 Å². The minimum Gasteiger partial charge on any atom is -0.488 e. The van der Waals surface area contributed by atoms with Gasteiger partial charge in [-0.1, -0.05) is 42.5 Å². The molecule has 4 nitrogen and oxygen atoms in total. The molecule has 2 aromatic carbocycles. The Hall–Kier alpha value is -2.80. The predicted octanol–water partition coefficient (Wildman–Crippen LogP) is 3.33. The molecule has 0 saturated carbocycles. The predicted molar refractivity (Wildman–Crippen MR) is 77.7 cm³/mol. The first-order chi connectivity index (χ1) is 10.2. The SMILES string of the molecule is C[C@H](C#N)OC(=O)c1ccccc1OCc1ccccc1. The molecule has 0 amide bonds. The monoisotopic (exact) mass is 281 g/mol. The van der Waals surface area contributed by atoms with Gasteiger partial charge in [0.05, 0.1) is 0 Å². The average Bonchev–Trinajstić information content (AvgIpc) is 2.54. The van der Waals surface area contributed by atoms with Crippen molar-refractivity contribution in [3.63, 3.8) is 0 Å². The third-order valence-corrected chi connectivity index (χ3v) is 2.81. The molecule has 2 rings (SSSR count). The molecule has 0 aliphatic rings. The zero-order valence-electron chi connectivity index (χ0n) is 11.7. The van der Waals surface area contributed by atoms with Crippen LogP contribution in [0.15, 0.2) is 54.6 Å². The van der Waals surface area contributed by atoms with Crippen LogP contribution in [-0.2, 0) is 11.3 Å². The second kappa shape index (κ2) is 7.11. The number of benzene rings is 2. The van der Waals surface area contributed by atoms with E-state index < -0.39 is 12.1 Å². The Balaban J connectivity index is 2.10. The fourth-order valence-corrected chi connectivity index (χ4v) is 1.75. The summed E-state index contributed by atoms with van der Waals surface area (Å²) in [6.07, 6.45) is -0.792. The second-order valence-corrected chi connectivity index (χ2v) is 4.45. The molecule has 0 aromatic heterocycles. The van der Waals surface area contributed by atoms with Gasteiger partial charge in [0.25, 0.3) is 0 Å². The summed E-state index contributed by atoms with van der Waals surface area (Å²) < 4.78 is 10.7. The van der Waals surface area contributed by atoms with E-state index in [9.17, 15) is 4.79 Å². The van der Waals surface area contributed by atoms with Crippen molar-refractivity contribution in [2.24, 2.45) is 0 Å². The topological polar surface area (TPSA) is 59.3 Å². The highest BCUT2D eigenvalue weighted by Gasteiger charge is 2.16. The van der Waals surface area contributed by atoms with Gasteiger partial charge in [-0.2, -0.15) is 5.26 Å². The van der Waals surface area contributed by atoms with E-state index in [1.54, 1.807) is 24.3 Å². The van der Waals surface area contributed by atoms with E-state index in [0.717, 1.165) is 5.56 Å². The van der Waals surface area contributed by atoms with Crippen LogP contribution in [0, 0.1) is 11.3 Å². The van der Waals surface area contributed by atoms with Crippen molar-refractivity contribution in [1.29, 1.82) is 5.26 Å². The Morgan fingerprint density at radius 3 is 2.52 bits per heavy atom. The number of hydrogen-bond acceptors (Lipinski definition) is 4.